The Balaban J connectivity index is 1.98. The molecule has 5 nitrogen and oxygen atoms in total. The summed E-state index contributed by atoms with van der Waals surface area (Å²) in [6.07, 6.45) is 3.23. The number of nitrogens with zero attached hydrogens (tertiary/aromatic N) is 1. The Hall–Kier alpha value is -1.43. The number of carbonyl (C=O) groups is 1. The number of benzene rings is 1. The maximum Gasteiger partial charge on any atom is 0.282 e. The Labute approximate surface area is 119 Å². The van der Waals surface area contributed by atoms with Gasteiger partial charge in [-0.05, 0) is 31.2 Å². The van der Waals surface area contributed by atoms with Crippen LogP contribution in [0.15, 0.2) is 24.3 Å². The molecular weight excluding hydrogens is 312 g/mol. The first-order chi connectivity index (χ1) is 9.08. The summed E-state index contributed by atoms with van der Waals surface area (Å²) in [7, 11) is 0. The lowest BCUT2D eigenvalue weighted by Gasteiger charge is -2.10. The van der Waals surface area contributed by atoms with E-state index in [0.717, 1.165) is 19.3 Å². The van der Waals surface area contributed by atoms with Crippen molar-refractivity contribution in [2.45, 2.75) is 24.1 Å². The van der Waals surface area contributed by atoms with Crippen molar-refractivity contribution in [3.63, 3.8) is 0 Å². The van der Waals surface area contributed by atoms with Crippen LogP contribution in [-0.4, -0.2) is 22.2 Å². The molecule has 0 aliphatic heterocycles. The number of carbonyl (C=O) groups excluding carboxylic acids is 1. The van der Waals surface area contributed by atoms with Crippen LogP contribution in [0.2, 0.25) is 0 Å². The van der Waals surface area contributed by atoms with E-state index in [2.05, 4.69) is 21.2 Å². The zero-order valence-electron chi connectivity index (χ0n) is 10.3. The molecule has 1 N–H and O–H groups in total. The smallest absolute Gasteiger partial charge is 0.282 e. The topological polar surface area (TPSA) is 72.2 Å². The lowest BCUT2D eigenvalue weighted by atomic mass is 10.1. The van der Waals surface area contributed by atoms with Crippen molar-refractivity contribution in [2.24, 2.45) is 5.92 Å². The Morgan fingerprint density at radius 1 is 1.42 bits per heavy atom. The minimum atomic E-state index is -0.529. The van der Waals surface area contributed by atoms with Crippen LogP contribution in [0.5, 0.6) is 0 Å². The summed E-state index contributed by atoms with van der Waals surface area (Å²) in [6, 6.07) is 6.02. The van der Waals surface area contributed by atoms with Crippen molar-refractivity contribution in [1.82, 2.24) is 5.32 Å². The molecule has 1 aliphatic rings. The summed E-state index contributed by atoms with van der Waals surface area (Å²) in [6.45, 7) is 0.576. The fraction of sp³-hybridized carbons (Fsp3) is 0.462. The second kappa shape index (κ2) is 6.14. The van der Waals surface area contributed by atoms with Gasteiger partial charge in [0.15, 0.2) is 0 Å². The van der Waals surface area contributed by atoms with Crippen LogP contribution in [0, 0.1) is 16.0 Å². The van der Waals surface area contributed by atoms with Gasteiger partial charge in [-0.1, -0.05) is 28.1 Å². The molecule has 2 atom stereocenters. The van der Waals surface area contributed by atoms with Crippen LogP contribution in [-0.2, 0) is 0 Å². The molecule has 0 bridgehead atoms. The van der Waals surface area contributed by atoms with E-state index in [1.807, 2.05) is 0 Å². The van der Waals surface area contributed by atoms with Crippen LogP contribution in [0.1, 0.15) is 29.6 Å². The molecule has 1 saturated carbocycles. The molecule has 1 aromatic carbocycles. The molecule has 1 amide bonds. The van der Waals surface area contributed by atoms with E-state index < -0.39 is 4.92 Å². The number of nitrogens with one attached hydrogen (secondary N) is 1. The largest absolute Gasteiger partial charge is 0.352 e. The Kier molecular flexibility index (Phi) is 4.52. The van der Waals surface area contributed by atoms with E-state index in [0.29, 0.717) is 17.3 Å². The molecule has 6 heteroatoms. The number of halogens is 1. The summed E-state index contributed by atoms with van der Waals surface area (Å²) < 4.78 is 0. The van der Waals surface area contributed by atoms with Gasteiger partial charge in [-0.15, -0.1) is 0 Å². The van der Waals surface area contributed by atoms with Gasteiger partial charge in [0.2, 0.25) is 0 Å². The van der Waals surface area contributed by atoms with E-state index >= 15 is 0 Å². The first-order valence-corrected chi connectivity index (χ1v) is 7.15. The first-order valence-electron chi connectivity index (χ1n) is 6.23. The monoisotopic (exact) mass is 326 g/mol. The number of alkyl halides is 1. The molecule has 1 aliphatic carbocycles. The molecule has 2 rings (SSSR count). The number of rotatable bonds is 4. The van der Waals surface area contributed by atoms with Gasteiger partial charge >= 0.3 is 0 Å². The van der Waals surface area contributed by atoms with Gasteiger partial charge in [-0.3, -0.25) is 14.9 Å². The highest BCUT2D eigenvalue weighted by Gasteiger charge is 2.24. The maximum atomic E-state index is 12.0. The Bertz CT molecular complexity index is 493. The molecule has 0 saturated heterocycles. The Morgan fingerprint density at radius 2 is 2.16 bits per heavy atom. The number of nitro benzene ring substituents is 1. The standard InChI is InChI=1S/C13H15BrN2O3/c14-10-6-5-9(7-10)8-15-13(17)11-3-1-2-4-12(11)16(18)19/h1-4,9-10H,5-8H2,(H,15,17). The fourth-order valence-corrected chi connectivity index (χ4v) is 3.15. The molecule has 2 unspecified atom stereocenters. The highest BCUT2D eigenvalue weighted by atomic mass is 79.9. The van der Waals surface area contributed by atoms with Gasteiger partial charge < -0.3 is 5.32 Å². The van der Waals surface area contributed by atoms with Crippen LogP contribution in [0.25, 0.3) is 0 Å². The zero-order chi connectivity index (χ0) is 13.8. The van der Waals surface area contributed by atoms with Crippen molar-refractivity contribution >= 4 is 27.5 Å². The third kappa shape index (κ3) is 3.53. The predicted octanol–water partition coefficient (Wildman–Crippen LogP) is 2.89. The fourth-order valence-electron chi connectivity index (χ4n) is 2.36. The lowest BCUT2D eigenvalue weighted by Crippen LogP contribution is -2.29. The molecule has 19 heavy (non-hydrogen) atoms. The van der Waals surface area contributed by atoms with Crippen LogP contribution >= 0.6 is 15.9 Å². The van der Waals surface area contributed by atoms with Crippen molar-refractivity contribution < 1.29 is 9.72 Å². The summed E-state index contributed by atoms with van der Waals surface area (Å²) in [4.78, 5) is 22.8. The minimum Gasteiger partial charge on any atom is -0.352 e. The Morgan fingerprint density at radius 3 is 2.79 bits per heavy atom. The molecule has 0 aromatic heterocycles. The third-order valence-corrected chi connectivity index (χ3v) is 4.21. The van der Waals surface area contributed by atoms with E-state index in [9.17, 15) is 14.9 Å². The van der Waals surface area contributed by atoms with Gasteiger partial charge in [0, 0.05) is 17.4 Å². The van der Waals surface area contributed by atoms with Gasteiger partial charge in [-0.25, -0.2) is 0 Å². The number of hydrogen-bond acceptors (Lipinski definition) is 3. The number of para-hydroxylation sites is 1. The van der Waals surface area contributed by atoms with E-state index in [4.69, 9.17) is 0 Å². The van der Waals surface area contributed by atoms with Crippen molar-refractivity contribution in [3.8, 4) is 0 Å². The molecule has 0 spiro atoms. The van der Waals surface area contributed by atoms with Gasteiger partial charge in [0.1, 0.15) is 5.56 Å². The average molecular weight is 327 g/mol. The molecule has 102 valence electrons. The van der Waals surface area contributed by atoms with E-state index in [1.165, 1.54) is 12.1 Å². The summed E-state index contributed by atoms with van der Waals surface area (Å²) >= 11 is 3.56. The van der Waals surface area contributed by atoms with E-state index in [-0.39, 0.29) is 17.2 Å². The maximum absolute atomic E-state index is 12.0. The zero-order valence-corrected chi connectivity index (χ0v) is 11.9. The quantitative estimate of drug-likeness (QED) is 0.525. The molecule has 1 aromatic rings. The van der Waals surface area contributed by atoms with Crippen molar-refractivity contribution in [1.29, 1.82) is 0 Å². The summed E-state index contributed by atoms with van der Waals surface area (Å²) in [5.74, 6) is 0.0846. The minimum absolute atomic E-state index is 0.126. The van der Waals surface area contributed by atoms with E-state index in [1.54, 1.807) is 12.1 Å². The highest BCUT2D eigenvalue weighted by Crippen LogP contribution is 2.30. The van der Waals surface area contributed by atoms with Crippen LogP contribution in [0.3, 0.4) is 0 Å². The highest BCUT2D eigenvalue weighted by molar-refractivity contribution is 9.09. The molecule has 0 heterocycles. The second-order valence-electron chi connectivity index (χ2n) is 4.76. The lowest BCUT2D eigenvalue weighted by molar-refractivity contribution is -0.385. The summed E-state index contributed by atoms with van der Waals surface area (Å²) in [5, 5.41) is 13.6. The van der Waals surface area contributed by atoms with Gasteiger partial charge in [0.05, 0.1) is 4.92 Å². The first kappa shape index (κ1) is 14.0. The third-order valence-electron chi connectivity index (χ3n) is 3.37. The second-order valence-corrected chi connectivity index (χ2v) is 6.06. The SMILES string of the molecule is O=C(NCC1CCC(Br)C1)c1ccccc1[N+](=O)[O-]. The predicted molar refractivity (Wildman–Crippen MR) is 75.5 cm³/mol. The number of nitro groups is 1. The van der Waals surface area contributed by atoms with Crippen molar-refractivity contribution in [3.05, 3.63) is 39.9 Å². The molecule has 0 radical (unpaired) electrons. The molecular formula is C13H15BrN2O3. The van der Waals surface area contributed by atoms with Crippen molar-refractivity contribution in [2.75, 3.05) is 6.54 Å². The molecule has 1 fully saturated rings. The van der Waals surface area contributed by atoms with Gasteiger partial charge in [0.25, 0.3) is 11.6 Å². The average Bonchev–Trinajstić information content (AvgIpc) is 2.81. The van der Waals surface area contributed by atoms with Crippen LogP contribution < -0.4 is 5.32 Å². The number of amides is 1. The normalized spacial score (nSPS) is 22.2. The van der Waals surface area contributed by atoms with Gasteiger partial charge in [-0.2, -0.15) is 0 Å². The summed E-state index contributed by atoms with van der Waals surface area (Å²) in [5.41, 5.74) is -0.0225. The number of hydrogen-bond donors (Lipinski definition) is 1. The van der Waals surface area contributed by atoms with Crippen LogP contribution in [0.4, 0.5) is 5.69 Å².